The molecule has 0 atom stereocenters. The summed E-state index contributed by atoms with van der Waals surface area (Å²) in [6.45, 7) is 1.42. The van der Waals surface area contributed by atoms with E-state index in [0.717, 1.165) is 6.07 Å². The number of alkyl halides is 7. The molecule has 0 amide bonds. The van der Waals surface area contributed by atoms with Crippen LogP contribution in [0.25, 0.3) is 0 Å². The molecule has 0 unspecified atom stereocenters. The van der Waals surface area contributed by atoms with Crippen LogP contribution in [0.15, 0.2) is 6.07 Å². The Balaban J connectivity index is 3.36. The van der Waals surface area contributed by atoms with Crippen molar-refractivity contribution in [3.8, 4) is 5.88 Å². The summed E-state index contributed by atoms with van der Waals surface area (Å²) >= 11 is 2.84. The van der Waals surface area contributed by atoms with Crippen molar-refractivity contribution in [1.29, 1.82) is 0 Å². The number of hydrogen-bond acceptors (Lipinski definition) is 4. The lowest BCUT2D eigenvalue weighted by atomic mass is 10.1. The summed E-state index contributed by atoms with van der Waals surface area (Å²) in [5.74, 6) is -2.18. The van der Waals surface area contributed by atoms with E-state index < -0.39 is 42.1 Å². The van der Waals surface area contributed by atoms with Crippen molar-refractivity contribution >= 4 is 21.9 Å². The van der Waals surface area contributed by atoms with E-state index in [1.54, 1.807) is 0 Å². The average molecular weight is 410 g/mol. The summed E-state index contributed by atoms with van der Waals surface area (Å²) in [7, 11) is 0. The molecule has 0 aliphatic carbocycles. The highest BCUT2D eigenvalue weighted by atomic mass is 79.9. The van der Waals surface area contributed by atoms with Gasteiger partial charge in [-0.15, -0.1) is 13.2 Å². The second kappa shape index (κ2) is 7.37. The normalized spacial score (nSPS) is 12.2. The number of carbonyl (C=O) groups is 1. The van der Waals surface area contributed by atoms with E-state index in [9.17, 15) is 31.1 Å². The maximum absolute atomic E-state index is 13.0. The van der Waals surface area contributed by atoms with Gasteiger partial charge in [0.25, 0.3) is 0 Å². The summed E-state index contributed by atoms with van der Waals surface area (Å²) in [6, 6.07) is 0.780. The average Bonchev–Trinajstić information content (AvgIpc) is 2.37. The van der Waals surface area contributed by atoms with Crippen LogP contribution < -0.4 is 4.74 Å². The van der Waals surface area contributed by atoms with Crippen molar-refractivity contribution in [1.82, 2.24) is 4.98 Å². The zero-order chi connectivity index (χ0) is 17.8. The molecule has 0 aliphatic rings. The summed E-state index contributed by atoms with van der Waals surface area (Å²) < 4.78 is 83.8. The second-order valence-corrected chi connectivity index (χ2v) is 4.68. The first kappa shape index (κ1) is 19.5. The molecule has 0 aromatic carbocycles. The van der Waals surface area contributed by atoms with Crippen molar-refractivity contribution < 1.29 is 40.6 Å². The molecule has 1 aromatic rings. The van der Waals surface area contributed by atoms with Crippen LogP contribution in [0.4, 0.5) is 26.3 Å². The summed E-state index contributed by atoms with van der Waals surface area (Å²) in [6.07, 6.45) is -11.0. The van der Waals surface area contributed by atoms with E-state index in [0.29, 0.717) is 0 Å². The fourth-order valence-electron chi connectivity index (χ4n) is 1.63. The highest BCUT2D eigenvalue weighted by Gasteiger charge is 2.39. The molecule has 0 spiro atoms. The number of esters is 1. The summed E-state index contributed by atoms with van der Waals surface area (Å²) in [5, 5.41) is -0.251. The van der Waals surface area contributed by atoms with Crippen molar-refractivity contribution in [3.05, 3.63) is 22.9 Å². The molecule has 1 aromatic heterocycles. The van der Waals surface area contributed by atoms with Gasteiger partial charge in [0.1, 0.15) is 0 Å². The molecule has 11 heteroatoms. The number of rotatable bonds is 5. The quantitative estimate of drug-likeness (QED) is 0.419. The molecule has 0 fully saturated rings. The zero-order valence-electron chi connectivity index (χ0n) is 11.5. The maximum atomic E-state index is 13.0. The number of pyridine rings is 1. The van der Waals surface area contributed by atoms with Crippen LogP contribution in [0.1, 0.15) is 23.7 Å². The van der Waals surface area contributed by atoms with Crippen LogP contribution >= 0.6 is 15.9 Å². The summed E-state index contributed by atoms with van der Waals surface area (Å²) in [4.78, 5) is 14.3. The van der Waals surface area contributed by atoms with E-state index in [1.165, 1.54) is 6.92 Å². The molecule has 0 N–H and O–H groups in total. The molecule has 0 radical (unpaired) electrons. The number of carbonyl (C=O) groups excluding carboxylic acids is 1. The van der Waals surface area contributed by atoms with Gasteiger partial charge in [-0.3, -0.25) is 4.79 Å². The molecule has 0 saturated carbocycles. The van der Waals surface area contributed by atoms with Gasteiger partial charge in [0, 0.05) is 10.9 Å². The van der Waals surface area contributed by atoms with Gasteiger partial charge in [0.15, 0.2) is 5.69 Å². The first-order valence-electron chi connectivity index (χ1n) is 6.05. The van der Waals surface area contributed by atoms with E-state index in [2.05, 4.69) is 30.4 Å². The Hall–Kier alpha value is -1.52. The highest BCUT2D eigenvalue weighted by Crippen LogP contribution is 2.36. The largest absolute Gasteiger partial charge is 0.574 e. The van der Waals surface area contributed by atoms with Gasteiger partial charge < -0.3 is 9.47 Å². The van der Waals surface area contributed by atoms with Crippen LogP contribution in [0.5, 0.6) is 5.88 Å². The molecule has 0 bridgehead atoms. The Labute approximate surface area is 134 Å². The van der Waals surface area contributed by atoms with Crippen molar-refractivity contribution in [2.75, 3.05) is 6.61 Å². The fraction of sp³-hybridized carbons (Fsp3) is 0.500. The molecule has 1 rings (SSSR count). The Morgan fingerprint density at radius 1 is 1.22 bits per heavy atom. The lowest BCUT2D eigenvalue weighted by Crippen LogP contribution is -2.22. The molecule has 0 aliphatic heterocycles. The number of aromatic nitrogens is 1. The minimum Gasteiger partial charge on any atom is -0.466 e. The maximum Gasteiger partial charge on any atom is 0.574 e. The number of ether oxygens (including phenoxy) is 2. The van der Waals surface area contributed by atoms with Crippen molar-refractivity contribution in [2.24, 2.45) is 0 Å². The third-order valence-corrected chi connectivity index (χ3v) is 3.01. The van der Waals surface area contributed by atoms with Gasteiger partial charge in [-0.25, -0.2) is 4.98 Å². The standard InChI is InChI=1S/C12H10BrF6NO3/c1-2-22-8(21)4-6-3-7(5-13)10(23-12(17,18)19)20-9(6)11(14,15)16/h3H,2,4-5H2,1H3. The Morgan fingerprint density at radius 3 is 2.26 bits per heavy atom. The van der Waals surface area contributed by atoms with Crippen molar-refractivity contribution in [3.63, 3.8) is 0 Å². The Kier molecular flexibility index (Phi) is 6.25. The van der Waals surface area contributed by atoms with E-state index in [4.69, 9.17) is 0 Å². The third kappa shape index (κ3) is 5.88. The predicted molar refractivity (Wildman–Crippen MR) is 68.9 cm³/mol. The van der Waals surface area contributed by atoms with Crippen LogP contribution in [0, 0.1) is 0 Å². The lowest BCUT2D eigenvalue weighted by molar-refractivity contribution is -0.276. The van der Waals surface area contributed by atoms with Gasteiger partial charge in [-0.2, -0.15) is 13.2 Å². The number of hydrogen-bond donors (Lipinski definition) is 0. The molecular formula is C12H10BrF6NO3. The van der Waals surface area contributed by atoms with Gasteiger partial charge >= 0.3 is 18.5 Å². The van der Waals surface area contributed by atoms with Gasteiger partial charge in [-0.1, -0.05) is 15.9 Å². The minimum atomic E-state index is -5.20. The molecular weight excluding hydrogens is 400 g/mol. The van der Waals surface area contributed by atoms with Gasteiger partial charge in [-0.05, 0) is 18.6 Å². The van der Waals surface area contributed by atoms with Crippen LogP contribution in [0.2, 0.25) is 0 Å². The third-order valence-electron chi connectivity index (χ3n) is 2.41. The van der Waals surface area contributed by atoms with E-state index >= 15 is 0 Å². The summed E-state index contributed by atoms with van der Waals surface area (Å²) in [5.41, 5.74) is -2.51. The smallest absolute Gasteiger partial charge is 0.466 e. The van der Waals surface area contributed by atoms with Crippen LogP contribution in [0.3, 0.4) is 0 Å². The first-order valence-corrected chi connectivity index (χ1v) is 7.17. The van der Waals surface area contributed by atoms with Crippen molar-refractivity contribution in [2.45, 2.75) is 31.2 Å². The highest BCUT2D eigenvalue weighted by molar-refractivity contribution is 9.08. The fourth-order valence-corrected chi connectivity index (χ4v) is 2.03. The Bertz CT molecular complexity index is 573. The van der Waals surface area contributed by atoms with Gasteiger partial charge in [0.2, 0.25) is 5.88 Å². The Morgan fingerprint density at radius 2 is 1.83 bits per heavy atom. The molecule has 23 heavy (non-hydrogen) atoms. The minimum absolute atomic E-state index is 0.0474. The monoisotopic (exact) mass is 409 g/mol. The second-order valence-electron chi connectivity index (χ2n) is 4.12. The van der Waals surface area contributed by atoms with Gasteiger partial charge in [0.05, 0.1) is 13.0 Å². The lowest BCUT2D eigenvalue weighted by Gasteiger charge is -2.17. The molecule has 130 valence electrons. The van der Waals surface area contributed by atoms with Crippen LogP contribution in [-0.2, 0) is 27.5 Å². The van der Waals surface area contributed by atoms with E-state index in [1.807, 2.05) is 0 Å². The first-order chi connectivity index (χ1) is 10.5. The topological polar surface area (TPSA) is 48.4 Å². The van der Waals surface area contributed by atoms with E-state index in [-0.39, 0.29) is 17.5 Å². The van der Waals surface area contributed by atoms with Crippen LogP contribution in [-0.4, -0.2) is 23.9 Å². The SMILES string of the molecule is CCOC(=O)Cc1cc(CBr)c(OC(F)(F)F)nc1C(F)(F)F. The molecule has 1 heterocycles. The zero-order valence-corrected chi connectivity index (χ0v) is 13.1. The number of halogens is 7. The molecule has 0 saturated heterocycles. The number of nitrogens with zero attached hydrogens (tertiary/aromatic N) is 1. The molecule has 4 nitrogen and oxygen atoms in total. The predicted octanol–water partition coefficient (Wildman–Crippen LogP) is 4.00.